The molecule has 9 aliphatic rings. The van der Waals surface area contributed by atoms with Crippen LogP contribution in [-0.2, 0) is 39.1 Å². The summed E-state index contributed by atoms with van der Waals surface area (Å²) in [6.07, 6.45) is 16.1. The molecule has 0 amide bonds. The first kappa shape index (κ1) is 57.0. The van der Waals surface area contributed by atoms with E-state index in [1.165, 1.54) is 18.9 Å². The summed E-state index contributed by atoms with van der Waals surface area (Å²) >= 11 is 0. The lowest BCUT2D eigenvalue weighted by Gasteiger charge is -2.39. The van der Waals surface area contributed by atoms with E-state index < -0.39 is 48.4 Å². The number of dihydropyridines is 1. The fraction of sp³-hybridized carbons (Fsp3) is 0.485. The highest BCUT2D eigenvalue weighted by Crippen LogP contribution is 2.64. The molecule has 6 heterocycles. The number of nitrogens with two attached hydrogens (primary N) is 1. The number of esters is 1. The number of phenols is 2. The number of aliphatic hydroxyl groups is 2. The fourth-order valence-corrected chi connectivity index (χ4v) is 18.7. The number of ether oxygens (including phenoxy) is 5. The Morgan fingerprint density at radius 3 is 2.68 bits per heavy atom. The molecule has 13 unspecified atom stereocenters. The number of nitrogens with one attached hydrogen (secondary N) is 3. The smallest absolute Gasteiger partial charge is 0.302 e. The van der Waals surface area contributed by atoms with Crippen molar-refractivity contribution in [2.45, 2.75) is 137 Å². The summed E-state index contributed by atoms with van der Waals surface area (Å²) in [5, 5.41) is 57.5. The molecule has 2 saturated carbocycles. The standard InChI is InChI=1S/C68H76N4O10S2/c1-38(75)79-35-53-49-16-17-50-59-45(27-48(76)28-56(59)80-37-74)30-68-23-22-40(29-68)24-43-15-21-58(69)72-54(43)19-14-42-11-7-12-44(34-78-2)46(33-73)31-70-32-52-60(42)61(64(53)81-65(49)62(50)68)51-18-20-55-67(82-66(51)63(52)77)57(26-39-8-4-3-5-9-39)84-83-36-41-10-6-13-47(25-41)71-55/h3-5,8-9,15-18,20-21,27-28,40-42,44,46-47,53,55,57-58,64,67,70-74,76-77H,6,10,12-13,22-26,29-37,69H2,1-2H3. The maximum absolute atomic E-state index is 13.6. The van der Waals surface area contributed by atoms with Crippen LogP contribution in [-0.4, -0.2) is 102 Å². The highest BCUT2D eigenvalue weighted by Gasteiger charge is 2.52. The number of hydrogen-bond acceptors (Lipinski definition) is 16. The number of hydrogen-bond donors (Lipinski definition) is 8. The highest BCUT2D eigenvalue weighted by molar-refractivity contribution is 8.77. The van der Waals surface area contributed by atoms with E-state index in [9.17, 15) is 25.2 Å². The molecule has 9 N–H and O–H groups in total. The Kier molecular flexibility index (Phi) is 16.6. The van der Waals surface area contributed by atoms with E-state index in [4.69, 9.17) is 29.4 Å². The van der Waals surface area contributed by atoms with Crippen molar-refractivity contribution in [1.29, 1.82) is 0 Å². The Labute approximate surface area is 500 Å². The molecule has 4 aromatic carbocycles. The number of carbonyl (C=O) groups is 1. The van der Waals surface area contributed by atoms with Gasteiger partial charge in [0.2, 0.25) is 0 Å². The first-order chi connectivity index (χ1) is 41.0. The van der Waals surface area contributed by atoms with Gasteiger partial charge in [-0.15, -0.1) is 5.92 Å². The lowest BCUT2D eigenvalue weighted by molar-refractivity contribution is -0.141. The van der Waals surface area contributed by atoms with Gasteiger partial charge in [-0.1, -0.05) is 101 Å². The van der Waals surface area contributed by atoms with Gasteiger partial charge in [-0.3, -0.25) is 4.79 Å². The zero-order valence-electron chi connectivity index (χ0n) is 47.8. The van der Waals surface area contributed by atoms with E-state index in [0.29, 0.717) is 65.9 Å². The van der Waals surface area contributed by atoms with Crippen LogP contribution in [0.25, 0.3) is 17.2 Å². The van der Waals surface area contributed by atoms with Crippen LogP contribution in [0.4, 0.5) is 0 Å². The topological polar surface area (TPSA) is 206 Å². The van der Waals surface area contributed by atoms with Gasteiger partial charge in [0.15, 0.2) is 18.3 Å². The van der Waals surface area contributed by atoms with Crippen molar-refractivity contribution >= 4 is 33.6 Å². The van der Waals surface area contributed by atoms with Crippen LogP contribution in [0.5, 0.6) is 28.7 Å². The summed E-state index contributed by atoms with van der Waals surface area (Å²) in [4.78, 5) is 13.3. The molecule has 4 aromatic rings. The minimum atomic E-state index is -0.855. The molecule has 0 radical (unpaired) electrons. The van der Waals surface area contributed by atoms with Crippen molar-refractivity contribution in [3.8, 4) is 63.6 Å². The number of phenolic OH excluding ortho intramolecular Hbond substituents is 2. The summed E-state index contributed by atoms with van der Waals surface area (Å²) in [6.45, 7) is 1.67. The predicted octanol–water partition coefficient (Wildman–Crippen LogP) is 9.32. The molecule has 440 valence electrons. The zero-order valence-corrected chi connectivity index (χ0v) is 49.4. The van der Waals surface area contributed by atoms with Crippen LogP contribution in [0, 0.1) is 47.4 Å². The lowest BCUT2D eigenvalue weighted by Crippen LogP contribution is -2.52. The van der Waals surface area contributed by atoms with Crippen LogP contribution in [0.2, 0.25) is 0 Å². The molecule has 6 aliphatic heterocycles. The van der Waals surface area contributed by atoms with Crippen LogP contribution >= 0.6 is 21.6 Å². The van der Waals surface area contributed by atoms with E-state index in [0.717, 1.165) is 102 Å². The minimum Gasteiger partial charge on any atom is -0.508 e. The van der Waals surface area contributed by atoms with Crippen molar-refractivity contribution in [3.63, 3.8) is 0 Å². The van der Waals surface area contributed by atoms with Gasteiger partial charge in [0.1, 0.15) is 42.0 Å². The van der Waals surface area contributed by atoms with Gasteiger partial charge in [-0.05, 0) is 121 Å². The van der Waals surface area contributed by atoms with E-state index in [1.807, 2.05) is 33.7 Å². The molecule has 84 heavy (non-hydrogen) atoms. The fourth-order valence-electron chi connectivity index (χ4n) is 15.5. The molecule has 6 bridgehead atoms. The Balaban J connectivity index is 1.10. The van der Waals surface area contributed by atoms with E-state index in [-0.39, 0.29) is 66.3 Å². The summed E-state index contributed by atoms with van der Waals surface area (Å²) in [6, 6.07) is 18.2. The third kappa shape index (κ3) is 11.0. The number of carbonyl (C=O) groups excluding carboxylic acids is 1. The van der Waals surface area contributed by atoms with Gasteiger partial charge in [0.05, 0.1) is 35.7 Å². The summed E-state index contributed by atoms with van der Waals surface area (Å²) in [7, 11) is 5.49. The van der Waals surface area contributed by atoms with Crippen LogP contribution in [0.15, 0.2) is 84.1 Å². The monoisotopic (exact) mass is 1170 g/mol. The number of rotatable bonds is 9. The average molecular weight is 1170 g/mol. The highest BCUT2D eigenvalue weighted by atomic mass is 33.1. The third-order valence-corrected chi connectivity index (χ3v) is 22.3. The summed E-state index contributed by atoms with van der Waals surface area (Å²) in [5.74, 6) is 15.7. The van der Waals surface area contributed by atoms with Gasteiger partial charge in [0, 0.05) is 103 Å². The average Bonchev–Trinajstić information content (AvgIpc) is 1.52. The molecule has 0 aromatic heterocycles. The van der Waals surface area contributed by atoms with E-state index >= 15 is 0 Å². The number of benzene rings is 4. The molecular weight excluding hydrogens is 1100 g/mol. The van der Waals surface area contributed by atoms with Crippen molar-refractivity contribution < 1.29 is 48.9 Å². The minimum absolute atomic E-state index is 0.0233. The first-order valence-electron chi connectivity index (χ1n) is 30.2. The van der Waals surface area contributed by atoms with Crippen LogP contribution in [0.3, 0.4) is 0 Å². The third-order valence-electron chi connectivity index (χ3n) is 19.3. The summed E-state index contributed by atoms with van der Waals surface area (Å²) in [5.41, 5.74) is 16.3. The molecule has 1 saturated heterocycles. The number of methoxy groups -OCH3 is 1. The van der Waals surface area contributed by atoms with E-state index in [1.54, 1.807) is 13.2 Å². The molecule has 3 fully saturated rings. The number of aliphatic hydroxyl groups excluding tert-OH is 2. The zero-order chi connectivity index (χ0) is 57.6. The molecule has 13 rings (SSSR count). The van der Waals surface area contributed by atoms with E-state index in [2.05, 4.69) is 100 Å². The molecule has 16 heteroatoms. The second-order valence-electron chi connectivity index (χ2n) is 24.7. The second kappa shape index (κ2) is 24.4. The van der Waals surface area contributed by atoms with Gasteiger partial charge < -0.3 is 65.8 Å². The Morgan fingerprint density at radius 2 is 1.85 bits per heavy atom. The largest absolute Gasteiger partial charge is 0.508 e. The first-order valence-corrected chi connectivity index (χ1v) is 32.5. The molecular formula is C68H76N4O10S2. The normalized spacial score (nSPS) is 30.7. The molecule has 1 spiro atoms. The van der Waals surface area contributed by atoms with Crippen molar-refractivity contribution in [1.82, 2.24) is 16.0 Å². The quantitative estimate of drug-likeness (QED) is 0.0340. The maximum Gasteiger partial charge on any atom is 0.302 e. The molecule has 3 aliphatic carbocycles. The Morgan fingerprint density at radius 1 is 0.964 bits per heavy atom. The predicted molar refractivity (Wildman–Crippen MR) is 327 cm³/mol. The van der Waals surface area contributed by atoms with Crippen LogP contribution < -0.4 is 35.9 Å². The van der Waals surface area contributed by atoms with Gasteiger partial charge in [-0.2, -0.15) is 0 Å². The number of aromatic hydroxyl groups is 2. The van der Waals surface area contributed by atoms with Crippen molar-refractivity contribution in [2.75, 3.05) is 46.0 Å². The Hall–Kier alpha value is -6.05. The van der Waals surface area contributed by atoms with Gasteiger partial charge in [-0.25, -0.2) is 0 Å². The second-order valence-corrected chi connectivity index (χ2v) is 27.3. The number of allylic oxidation sites excluding steroid dienone is 3. The molecule has 14 nitrogen and oxygen atoms in total. The van der Waals surface area contributed by atoms with Gasteiger partial charge >= 0.3 is 5.97 Å². The van der Waals surface area contributed by atoms with Crippen molar-refractivity contribution in [2.24, 2.45) is 29.4 Å². The maximum atomic E-state index is 13.6. The Bertz CT molecular complexity index is 3420. The molecule has 13 atom stereocenters. The SMILES string of the molecule is COCC1CC#CC2C#CC3=C(C=CC(N)N3)CC3CCC4(Cc5cc(O)cc(OCO)c5-c5ccc6c(c54)OC(c4c5c(c(O)c(c42)CNCC1CO)OC1C(C=C5)NC2CCCC(CSSC1Cc1ccccc1)C2)C6COC(C)=O)C3. The summed E-state index contributed by atoms with van der Waals surface area (Å²) < 4.78 is 33.6. The van der Waals surface area contributed by atoms with Crippen LogP contribution in [0.1, 0.15) is 127 Å². The van der Waals surface area contributed by atoms with Crippen molar-refractivity contribution in [3.05, 3.63) is 129 Å². The number of fused-ring (bicyclic) bond motifs is 10. The van der Waals surface area contributed by atoms with Gasteiger partial charge in [0.25, 0.3) is 0 Å². The lowest BCUT2D eigenvalue weighted by atomic mass is 9.65.